The Morgan fingerprint density at radius 3 is 2.67 bits per heavy atom. The first-order valence-electron chi connectivity index (χ1n) is 6.52. The standard InChI is InChI=1S/C13H19N3O5/c17-6-8-21-7-5-14-11-2-1-10(9-15-11)16-12(18)3-4-13(19)20/h1-2,9,17H,3-8H2,(H,14,15)(H,16,18)(H,19,20). The first kappa shape index (κ1) is 16.9. The number of amides is 1. The molecular formula is C13H19N3O5. The van der Waals surface area contributed by atoms with Crippen LogP contribution in [-0.2, 0) is 14.3 Å². The Kier molecular flexibility index (Phi) is 7.77. The Hall–Kier alpha value is -2.19. The molecule has 0 aromatic carbocycles. The molecule has 0 saturated heterocycles. The van der Waals surface area contributed by atoms with Crippen molar-refractivity contribution >= 4 is 23.4 Å². The Labute approximate surface area is 122 Å². The fourth-order valence-corrected chi connectivity index (χ4v) is 1.43. The first-order chi connectivity index (χ1) is 10.1. The molecule has 21 heavy (non-hydrogen) atoms. The number of carbonyl (C=O) groups is 2. The number of aromatic nitrogens is 1. The molecule has 0 bridgehead atoms. The molecule has 0 radical (unpaired) electrons. The van der Waals surface area contributed by atoms with Crippen molar-refractivity contribution in [3.63, 3.8) is 0 Å². The Bertz CT molecular complexity index is 450. The molecule has 0 aliphatic heterocycles. The van der Waals surface area contributed by atoms with E-state index in [-0.39, 0.29) is 25.4 Å². The smallest absolute Gasteiger partial charge is 0.303 e. The van der Waals surface area contributed by atoms with E-state index in [0.29, 0.717) is 31.3 Å². The Morgan fingerprint density at radius 1 is 1.24 bits per heavy atom. The number of aliphatic carboxylic acids is 1. The van der Waals surface area contributed by atoms with Gasteiger partial charge in [-0.05, 0) is 12.1 Å². The van der Waals surface area contributed by atoms with Gasteiger partial charge in [-0.1, -0.05) is 0 Å². The van der Waals surface area contributed by atoms with Crippen LogP contribution in [0.4, 0.5) is 11.5 Å². The number of carboxylic acid groups (broad SMARTS) is 1. The third-order valence-corrected chi connectivity index (χ3v) is 2.40. The average Bonchev–Trinajstić information content (AvgIpc) is 2.47. The van der Waals surface area contributed by atoms with Crippen molar-refractivity contribution < 1.29 is 24.5 Å². The van der Waals surface area contributed by atoms with Gasteiger partial charge in [-0.2, -0.15) is 0 Å². The molecule has 4 N–H and O–H groups in total. The summed E-state index contributed by atoms with van der Waals surface area (Å²) in [5.74, 6) is -0.741. The van der Waals surface area contributed by atoms with E-state index < -0.39 is 5.97 Å². The summed E-state index contributed by atoms with van der Waals surface area (Å²) in [5, 5.41) is 22.6. The molecule has 0 aliphatic rings. The highest BCUT2D eigenvalue weighted by atomic mass is 16.5. The van der Waals surface area contributed by atoms with Gasteiger partial charge in [0.2, 0.25) is 5.91 Å². The maximum Gasteiger partial charge on any atom is 0.303 e. The predicted octanol–water partition coefficient (Wildman–Crippen LogP) is 0.306. The number of nitrogens with zero attached hydrogens (tertiary/aromatic N) is 1. The van der Waals surface area contributed by atoms with Gasteiger partial charge in [0.05, 0.1) is 38.1 Å². The van der Waals surface area contributed by atoms with Crippen molar-refractivity contribution in [2.24, 2.45) is 0 Å². The van der Waals surface area contributed by atoms with Crippen LogP contribution in [-0.4, -0.2) is 53.4 Å². The fraction of sp³-hybridized carbons (Fsp3) is 0.462. The zero-order valence-electron chi connectivity index (χ0n) is 11.5. The normalized spacial score (nSPS) is 10.1. The van der Waals surface area contributed by atoms with Crippen LogP contribution >= 0.6 is 0 Å². The molecule has 0 unspecified atom stereocenters. The van der Waals surface area contributed by atoms with Crippen LogP contribution in [0.1, 0.15) is 12.8 Å². The minimum Gasteiger partial charge on any atom is -0.481 e. The molecule has 116 valence electrons. The lowest BCUT2D eigenvalue weighted by atomic mass is 10.3. The van der Waals surface area contributed by atoms with Crippen molar-refractivity contribution in [3.05, 3.63) is 18.3 Å². The summed E-state index contributed by atoms with van der Waals surface area (Å²) in [6.45, 7) is 1.30. The van der Waals surface area contributed by atoms with E-state index in [1.165, 1.54) is 6.20 Å². The SMILES string of the molecule is O=C(O)CCC(=O)Nc1ccc(NCCOCCO)nc1. The Morgan fingerprint density at radius 2 is 2.05 bits per heavy atom. The number of anilines is 2. The molecule has 0 aliphatic carbocycles. The van der Waals surface area contributed by atoms with Gasteiger partial charge in [-0.25, -0.2) is 4.98 Å². The van der Waals surface area contributed by atoms with Crippen LogP contribution in [0, 0.1) is 0 Å². The number of rotatable bonds is 10. The molecule has 0 spiro atoms. The highest BCUT2D eigenvalue weighted by molar-refractivity contribution is 5.92. The predicted molar refractivity (Wildman–Crippen MR) is 76.1 cm³/mol. The van der Waals surface area contributed by atoms with Crippen molar-refractivity contribution in [1.82, 2.24) is 4.98 Å². The average molecular weight is 297 g/mol. The minimum absolute atomic E-state index is 0.00543. The number of pyridine rings is 1. The molecule has 8 nitrogen and oxygen atoms in total. The molecule has 8 heteroatoms. The highest BCUT2D eigenvalue weighted by Crippen LogP contribution is 2.10. The molecular weight excluding hydrogens is 278 g/mol. The summed E-state index contributed by atoms with van der Waals surface area (Å²) >= 11 is 0. The summed E-state index contributed by atoms with van der Waals surface area (Å²) in [4.78, 5) is 25.9. The van der Waals surface area contributed by atoms with Crippen molar-refractivity contribution in [2.45, 2.75) is 12.8 Å². The zero-order chi connectivity index (χ0) is 15.5. The van der Waals surface area contributed by atoms with E-state index in [0.717, 1.165) is 0 Å². The van der Waals surface area contributed by atoms with Gasteiger partial charge in [-0.15, -0.1) is 0 Å². The van der Waals surface area contributed by atoms with Gasteiger partial charge in [-0.3, -0.25) is 9.59 Å². The molecule has 0 fully saturated rings. The van der Waals surface area contributed by atoms with Crippen LogP contribution in [0.25, 0.3) is 0 Å². The maximum absolute atomic E-state index is 11.4. The van der Waals surface area contributed by atoms with Crippen LogP contribution in [0.5, 0.6) is 0 Å². The molecule has 0 saturated carbocycles. The minimum atomic E-state index is -1.01. The summed E-state index contributed by atoms with van der Waals surface area (Å²) in [6, 6.07) is 3.36. The van der Waals surface area contributed by atoms with Gasteiger partial charge in [0.1, 0.15) is 5.82 Å². The Balaban J connectivity index is 2.29. The lowest BCUT2D eigenvalue weighted by Gasteiger charge is -2.07. The number of aliphatic hydroxyl groups excluding tert-OH is 1. The first-order valence-corrected chi connectivity index (χ1v) is 6.52. The van der Waals surface area contributed by atoms with E-state index in [4.69, 9.17) is 14.9 Å². The molecule has 0 atom stereocenters. The van der Waals surface area contributed by atoms with Crippen molar-refractivity contribution in [2.75, 3.05) is 37.0 Å². The van der Waals surface area contributed by atoms with Gasteiger partial charge < -0.3 is 25.6 Å². The monoisotopic (exact) mass is 297 g/mol. The number of carboxylic acids is 1. The third kappa shape index (κ3) is 7.85. The number of carbonyl (C=O) groups excluding carboxylic acids is 1. The molecule has 1 heterocycles. The lowest BCUT2D eigenvalue weighted by Crippen LogP contribution is -2.14. The molecule has 1 aromatic rings. The van der Waals surface area contributed by atoms with Gasteiger partial charge in [0.25, 0.3) is 0 Å². The molecule has 1 aromatic heterocycles. The summed E-state index contributed by atoms with van der Waals surface area (Å²) in [7, 11) is 0. The van der Waals surface area contributed by atoms with Crippen LogP contribution < -0.4 is 10.6 Å². The summed E-state index contributed by atoms with van der Waals surface area (Å²) < 4.78 is 5.08. The van der Waals surface area contributed by atoms with Gasteiger partial charge >= 0.3 is 5.97 Å². The van der Waals surface area contributed by atoms with E-state index in [1.807, 2.05) is 0 Å². The second-order valence-corrected chi connectivity index (χ2v) is 4.14. The molecule has 1 rings (SSSR count). The van der Waals surface area contributed by atoms with E-state index in [1.54, 1.807) is 12.1 Å². The van der Waals surface area contributed by atoms with Crippen LogP contribution in [0.3, 0.4) is 0 Å². The highest BCUT2D eigenvalue weighted by Gasteiger charge is 2.06. The quantitative estimate of drug-likeness (QED) is 0.458. The fourth-order valence-electron chi connectivity index (χ4n) is 1.43. The number of hydrogen-bond donors (Lipinski definition) is 4. The van der Waals surface area contributed by atoms with Gasteiger partial charge in [0, 0.05) is 13.0 Å². The van der Waals surface area contributed by atoms with E-state index in [9.17, 15) is 9.59 Å². The lowest BCUT2D eigenvalue weighted by molar-refractivity contribution is -0.138. The number of ether oxygens (including phenoxy) is 1. The van der Waals surface area contributed by atoms with E-state index >= 15 is 0 Å². The third-order valence-electron chi connectivity index (χ3n) is 2.40. The largest absolute Gasteiger partial charge is 0.481 e. The maximum atomic E-state index is 11.4. The van der Waals surface area contributed by atoms with Crippen LogP contribution in [0.2, 0.25) is 0 Å². The molecule has 1 amide bonds. The number of hydrogen-bond acceptors (Lipinski definition) is 6. The summed E-state index contributed by atoms with van der Waals surface area (Å²) in [5.41, 5.74) is 0.507. The number of nitrogens with one attached hydrogen (secondary N) is 2. The van der Waals surface area contributed by atoms with Crippen molar-refractivity contribution in [1.29, 1.82) is 0 Å². The van der Waals surface area contributed by atoms with E-state index in [2.05, 4.69) is 15.6 Å². The second-order valence-electron chi connectivity index (χ2n) is 4.14. The van der Waals surface area contributed by atoms with Gasteiger partial charge in [0.15, 0.2) is 0 Å². The van der Waals surface area contributed by atoms with Crippen LogP contribution in [0.15, 0.2) is 18.3 Å². The summed E-state index contributed by atoms with van der Waals surface area (Å²) in [6.07, 6.45) is 1.21. The number of aliphatic hydroxyl groups is 1. The second kappa shape index (κ2) is 9.67. The zero-order valence-corrected chi connectivity index (χ0v) is 11.5. The van der Waals surface area contributed by atoms with Crippen molar-refractivity contribution in [3.8, 4) is 0 Å². The topological polar surface area (TPSA) is 121 Å².